The van der Waals surface area contributed by atoms with E-state index in [0.29, 0.717) is 11.3 Å². The van der Waals surface area contributed by atoms with Crippen LogP contribution in [0.5, 0.6) is 0 Å². The van der Waals surface area contributed by atoms with Gasteiger partial charge in [-0.05, 0) is 12.1 Å². The van der Waals surface area contributed by atoms with Gasteiger partial charge in [0.2, 0.25) is 11.9 Å². The summed E-state index contributed by atoms with van der Waals surface area (Å²) in [6, 6.07) is 8.82. The molecule has 1 aromatic carbocycles. The fourth-order valence-corrected chi connectivity index (χ4v) is 1.41. The molecule has 0 radical (unpaired) electrons. The largest absolute Gasteiger partial charge is 0.319 e. The molecule has 0 atom stereocenters. The first kappa shape index (κ1) is 12.7. The molecule has 0 spiro atoms. The Morgan fingerprint density at radius 1 is 1.00 bits per heavy atom. The number of hydrogen-bond acceptors (Lipinski definition) is 4. The van der Waals surface area contributed by atoms with Gasteiger partial charge in [-0.3, -0.25) is 14.9 Å². The number of rotatable bonds is 3. The van der Waals surface area contributed by atoms with Gasteiger partial charge in [0.15, 0.2) is 0 Å². The minimum Gasteiger partial charge on any atom is -0.319 e. The van der Waals surface area contributed by atoms with Crippen molar-refractivity contribution in [1.82, 2.24) is 9.97 Å². The molecule has 0 aliphatic rings. The van der Waals surface area contributed by atoms with Crippen LogP contribution in [0.4, 0.5) is 11.6 Å². The van der Waals surface area contributed by atoms with Crippen LogP contribution in [-0.4, -0.2) is 21.8 Å². The first-order valence-corrected chi connectivity index (χ1v) is 5.61. The lowest BCUT2D eigenvalue weighted by Crippen LogP contribution is -2.13. The predicted octanol–water partition coefficient (Wildman–Crippen LogP) is 1.69. The topological polar surface area (TPSA) is 84.0 Å². The second-order valence-corrected chi connectivity index (χ2v) is 3.80. The first-order chi connectivity index (χ1) is 9.15. The van der Waals surface area contributed by atoms with Crippen LogP contribution in [0.25, 0.3) is 0 Å². The summed E-state index contributed by atoms with van der Waals surface area (Å²) in [5.41, 5.74) is 1.01. The van der Waals surface area contributed by atoms with E-state index in [1.165, 1.54) is 19.3 Å². The van der Waals surface area contributed by atoms with E-state index in [-0.39, 0.29) is 17.8 Å². The van der Waals surface area contributed by atoms with Gasteiger partial charge in [0.1, 0.15) is 0 Å². The van der Waals surface area contributed by atoms with Gasteiger partial charge in [-0.1, -0.05) is 18.2 Å². The summed E-state index contributed by atoms with van der Waals surface area (Å²) in [5, 5.41) is 5.11. The van der Waals surface area contributed by atoms with Crippen LogP contribution in [-0.2, 0) is 4.79 Å². The standard InChI is InChI=1S/C13H12N4O2/c1-9(18)16-13-14-7-11(8-15-13)17-12(19)10-5-3-2-4-6-10/h2-8H,1H3,(H,17,19)(H,14,15,16,18). The number of aromatic nitrogens is 2. The van der Waals surface area contributed by atoms with Crippen LogP contribution >= 0.6 is 0 Å². The molecule has 2 N–H and O–H groups in total. The maximum absolute atomic E-state index is 11.8. The van der Waals surface area contributed by atoms with Crippen LogP contribution in [0.2, 0.25) is 0 Å². The third-order valence-electron chi connectivity index (χ3n) is 2.23. The Morgan fingerprint density at radius 2 is 1.63 bits per heavy atom. The SMILES string of the molecule is CC(=O)Nc1ncc(NC(=O)c2ccccc2)cn1. The summed E-state index contributed by atoms with van der Waals surface area (Å²) in [6.07, 6.45) is 2.86. The monoisotopic (exact) mass is 256 g/mol. The molecule has 19 heavy (non-hydrogen) atoms. The molecule has 0 saturated heterocycles. The zero-order chi connectivity index (χ0) is 13.7. The molecule has 0 aliphatic carbocycles. The minimum absolute atomic E-state index is 0.199. The zero-order valence-corrected chi connectivity index (χ0v) is 10.3. The van der Waals surface area contributed by atoms with Crippen molar-refractivity contribution in [2.45, 2.75) is 6.92 Å². The van der Waals surface area contributed by atoms with E-state index in [9.17, 15) is 9.59 Å². The van der Waals surface area contributed by atoms with Crippen LogP contribution in [0, 0.1) is 0 Å². The lowest BCUT2D eigenvalue weighted by Gasteiger charge is -2.05. The quantitative estimate of drug-likeness (QED) is 0.875. The molecule has 0 bridgehead atoms. The lowest BCUT2D eigenvalue weighted by atomic mass is 10.2. The molecular weight excluding hydrogens is 244 g/mol. The molecule has 2 aromatic rings. The van der Waals surface area contributed by atoms with Gasteiger partial charge >= 0.3 is 0 Å². The average Bonchev–Trinajstić information content (AvgIpc) is 2.41. The van der Waals surface area contributed by atoms with Crippen molar-refractivity contribution in [2.75, 3.05) is 10.6 Å². The van der Waals surface area contributed by atoms with Crippen molar-refractivity contribution < 1.29 is 9.59 Å². The van der Waals surface area contributed by atoms with E-state index >= 15 is 0 Å². The van der Waals surface area contributed by atoms with E-state index < -0.39 is 0 Å². The van der Waals surface area contributed by atoms with E-state index in [4.69, 9.17) is 0 Å². The Balaban J connectivity index is 2.04. The van der Waals surface area contributed by atoms with Crippen molar-refractivity contribution in [3.63, 3.8) is 0 Å². The summed E-state index contributed by atoms with van der Waals surface area (Å²) in [5.74, 6) is -0.289. The molecule has 1 aromatic heterocycles. The number of anilines is 2. The fraction of sp³-hybridized carbons (Fsp3) is 0.0769. The lowest BCUT2D eigenvalue weighted by molar-refractivity contribution is -0.114. The third-order valence-corrected chi connectivity index (χ3v) is 2.23. The van der Waals surface area contributed by atoms with Gasteiger partial charge in [-0.25, -0.2) is 9.97 Å². The van der Waals surface area contributed by atoms with Gasteiger partial charge in [-0.2, -0.15) is 0 Å². The van der Waals surface area contributed by atoms with E-state index in [1.807, 2.05) is 6.07 Å². The van der Waals surface area contributed by atoms with Gasteiger partial charge in [0.05, 0.1) is 18.1 Å². The molecule has 2 amide bonds. The van der Waals surface area contributed by atoms with Crippen LogP contribution < -0.4 is 10.6 Å². The Hall–Kier alpha value is -2.76. The maximum Gasteiger partial charge on any atom is 0.255 e. The molecule has 6 heteroatoms. The van der Waals surface area contributed by atoms with Crippen molar-refractivity contribution in [3.8, 4) is 0 Å². The number of carbonyl (C=O) groups is 2. The Kier molecular flexibility index (Phi) is 3.82. The molecule has 6 nitrogen and oxygen atoms in total. The highest BCUT2D eigenvalue weighted by Crippen LogP contribution is 2.08. The summed E-state index contributed by atoms with van der Waals surface area (Å²) in [7, 11) is 0. The maximum atomic E-state index is 11.8. The van der Waals surface area contributed by atoms with Crippen LogP contribution in [0.15, 0.2) is 42.7 Å². The Bertz CT molecular complexity index is 581. The predicted molar refractivity (Wildman–Crippen MR) is 70.7 cm³/mol. The minimum atomic E-state index is -0.249. The zero-order valence-electron chi connectivity index (χ0n) is 10.3. The van der Waals surface area contributed by atoms with E-state index in [1.54, 1.807) is 24.3 Å². The second kappa shape index (κ2) is 5.72. The summed E-state index contributed by atoms with van der Waals surface area (Å²) < 4.78 is 0. The summed E-state index contributed by atoms with van der Waals surface area (Å²) in [6.45, 7) is 1.37. The molecule has 0 unspecified atom stereocenters. The molecule has 96 valence electrons. The molecule has 1 heterocycles. The van der Waals surface area contributed by atoms with Gasteiger partial charge in [-0.15, -0.1) is 0 Å². The molecule has 0 fully saturated rings. The number of nitrogens with zero attached hydrogens (tertiary/aromatic N) is 2. The first-order valence-electron chi connectivity index (χ1n) is 5.61. The number of nitrogens with one attached hydrogen (secondary N) is 2. The highest BCUT2D eigenvalue weighted by molar-refractivity contribution is 6.04. The fourth-order valence-electron chi connectivity index (χ4n) is 1.41. The molecule has 0 aliphatic heterocycles. The summed E-state index contributed by atoms with van der Waals surface area (Å²) >= 11 is 0. The number of benzene rings is 1. The Labute approximate surface area is 109 Å². The Morgan fingerprint density at radius 3 is 2.21 bits per heavy atom. The number of carbonyl (C=O) groups excluding carboxylic acids is 2. The highest BCUT2D eigenvalue weighted by Gasteiger charge is 2.06. The second-order valence-electron chi connectivity index (χ2n) is 3.80. The normalized spacial score (nSPS) is 9.74. The van der Waals surface area contributed by atoms with Crippen molar-refractivity contribution >= 4 is 23.5 Å². The third kappa shape index (κ3) is 3.60. The van der Waals surface area contributed by atoms with Crippen molar-refractivity contribution in [1.29, 1.82) is 0 Å². The molecular formula is C13H12N4O2. The van der Waals surface area contributed by atoms with Gasteiger partial charge < -0.3 is 5.32 Å². The number of hydrogen-bond donors (Lipinski definition) is 2. The van der Waals surface area contributed by atoms with E-state index in [2.05, 4.69) is 20.6 Å². The highest BCUT2D eigenvalue weighted by atomic mass is 16.2. The van der Waals surface area contributed by atoms with Crippen molar-refractivity contribution in [2.24, 2.45) is 0 Å². The van der Waals surface area contributed by atoms with Crippen molar-refractivity contribution in [3.05, 3.63) is 48.3 Å². The average molecular weight is 256 g/mol. The smallest absolute Gasteiger partial charge is 0.255 e. The van der Waals surface area contributed by atoms with Gasteiger partial charge in [0.25, 0.3) is 5.91 Å². The van der Waals surface area contributed by atoms with Gasteiger partial charge in [0, 0.05) is 12.5 Å². The molecule has 2 rings (SSSR count). The summed E-state index contributed by atoms with van der Waals surface area (Å²) in [4.78, 5) is 30.5. The number of amides is 2. The van der Waals surface area contributed by atoms with Crippen LogP contribution in [0.1, 0.15) is 17.3 Å². The van der Waals surface area contributed by atoms with E-state index in [0.717, 1.165) is 0 Å². The van der Waals surface area contributed by atoms with Crippen LogP contribution in [0.3, 0.4) is 0 Å². The molecule has 0 saturated carbocycles.